The summed E-state index contributed by atoms with van der Waals surface area (Å²) in [4.78, 5) is 1.05. The fourth-order valence-electron chi connectivity index (χ4n) is 1.39. The maximum atomic E-state index is 5.71. The molecule has 0 aliphatic rings. The van der Waals surface area contributed by atoms with Crippen molar-refractivity contribution < 1.29 is 0 Å². The van der Waals surface area contributed by atoms with Crippen LogP contribution < -0.4 is 16.2 Å². The largest absolute Gasteiger partial charge is 0.402 e. The monoisotopic (exact) mass is 263 g/mol. The minimum absolute atomic E-state index is 0.536. The standard InChI is InChI=1S/C14H21N3S/c1-9-5-6-13(8-15)7-14(9)11(3)17-18-12(4)10(2)16/h5-7,17H,3,8,15-16H2,1-2,4H3/b12-10-. The lowest BCUT2D eigenvalue weighted by atomic mass is 10.0. The second-order valence-electron chi connectivity index (χ2n) is 4.28. The summed E-state index contributed by atoms with van der Waals surface area (Å²) < 4.78 is 3.22. The molecule has 3 nitrogen and oxygen atoms in total. The van der Waals surface area contributed by atoms with Crippen LogP contribution >= 0.6 is 11.9 Å². The van der Waals surface area contributed by atoms with Crippen molar-refractivity contribution in [2.24, 2.45) is 11.5 Å². The Hall–Kier alpha value is -1.39. The summed E-state index contributed by atoms with van der Waals surface area (Å²) in [5.74, 6) is 0. The van der Waals surface area contributed by atoms with E-state index in [-0.39, 0.29) is 0 Å². The fraction of sp³-hybridized carbons (Fsp3) is 0.286. The van der Waals surface area contributed by atoms with E-state index < -0.39 is 0 Å². The quantitative estimate of drug-likeness (QED) is 0.715. The summed E-state index contributed by atoms with van der Waals surface area (Å²) in [6.45, 7) is 10.5. The Kier molecular flexibility index (Phi) is 5.31. The molecule has 1 aromatic carbocycles. The molecule has 0 saturated carbocycles. The van der Waals surface area contributed by atoms with Crippen LogP contribution in [0.3, 0.4) is 0 Å². The van der Waals surface area contributed by atoms with Gasteiger partial charge in [-0.25, -0.2) is 0 Å². The molecule has 0 spiro atoms. The second kappa shape index (κ2) is 6.52. The Balaban J connectivity index is 2.81. The van der Waals surface area contributed by atoms with Gasteiger partial charge in [-0.3, -0.25) is 0 Å². The zero-order valence-corrected chi connectivity index (χ0v) is 12.0. The van der Waals surface area contributed by atoms with Gasteiger partial charge >= 0.3 is 0 Å². The Bertz CT molecular complexity index is 474. The molecule has 0 aliphatic carbocycles. The second-order valence-corrected chi connectivity index (χ2v) is 5.30. The highest BCUT2D eigenvalue weighted by atomic mass is 32.2. The van der Waals surface area contributed by atoms with Crippen LogP contribution in [0.4, 0.5) is 0 Å². The fourth-order valence-corrected chi connectivity index (χ4v) is 1.94. The Morgan fingerprint density at radius 2 is 2.06 bits per heavy atom. The van der Waals surface area contributed by atoms with Gasteiger partial charge in [0.05, 0.1) is 0 Å². The van der Waals surface area contributed by atoms with Crippen LogP contribution in [0.5, 0.6) is 0 Å². The predicted octanol–water partition coefficient (Wildman–Crippen LogP) is 2.87. The van der Waals surface area contributed by atoms with E-state index in [1.54, 1.807) is 0 Å². The normalized spacial score (nSPS) is 12.0. The number of aryl methyl sites for hydroxylation is 1. The zero-order chi connectivity index (χ0) is 13.7. The van der Waals surface area contributed by atoms with E-state index in [1.165, 1.54) is 17.5 Å². The average Bonchev–Trinajstić information content (AvgIpc) is 2.35. The van der Waals surface area contributed by atoms with Gasteiger partial charge in [0, 0.05) is 28.4 Å². The number of nitrogens with two attached hydrogens (primary N) is 2. The molecule has 1 rings (SSSR count). The zero-order valence-electron chi connectivity index (χ0n) is 11.2. The summed E-state index contributed by atoms with van der Waals surface area (Å²) in [5, 5.41) is 0. The van der Waals surface area contributed by atoms with E-state index in [0.29, 0.717) is 6.54 Å². The number of hydrogen-bond donors (Lipinski definition) is 3. The van der Waals surface area contributed by atoms with Gasteiger partial charge in [0.1, 0.15) is 0 Å². The molecule has 98 valence electrons. The molecule has 18 heavy (non-hydrogen) atoms. The van der Waals surface area contributed by atoms with Gasteiger partial charge in [-0.15, -0.1) is 0 Å². The lowest BCUT2D eigenvalue weighted by Gasteiger charge is -2.13. The van der Waals surface area contributed by atoms with Crippen molar-refractivity contribution in [3.8, 4) is 0 Å². The van der Waals surface area contributed by atoms with Gasteiger partial charge in [0.25, 0.3) is 0 Å². The molecule has 1 aromatic rings. The lowest BCUT2D eigenvalue weighted by Crippen LogP contribution is -2.06. The van der Waals surface area contributed by atoms with E-state index in [2.05, 4.69) is 30.4 Å². The summed E-state index contributed by atoms with van der Waals surface area (Å²) >= 11 is 1.48. The molecule has 0 heterocycles. The van der Waals surface area contributed by atoms with Gasteiger partial charge in [0.2, 0.25) is 0 Å². The number of nitrogens with one attached hydrogen (secondary N) is 1. The number of rotatable bonds is 5. The lowest BCUT2D eigenvalue weighted by molar-refractivity contribution is 1.06. The maximum Gasteiger partial charge on any atom is 0.0446 e. The first-order chi connectivity index (χ1) is 8.45. The van der Waals surface area contributed by atoms with Crippen LogP contribution in [-0.2, 0) is 6.54 Å². The molecule has 0 saturated heterocycles. The number of hydrogen-bond acceptors (Lipinski definition) is 4. The molecule has 0 amide bonds. The van der Waals surface area contributed by atoms with Gasteiger partial charge in [-0.1, -0.05) is 18.7 Å². The maximum absolute atomic E-state index is 5.71. The molecule has 0 aromatic heterocycles. The molecule has 0 aliphatic heterocycles. The van der Waals surface area contributed by atoms with Crippen molar-refractivity contribution >= 4 is 17.6 Å². The third kappa shape index (κ3) is 3.82. The topological polar surface area (TPSA) is 64.1 Å². The Morgan fingerprint density at radius 1 is 1.39 bits per heavy atom. The van der Waals surface area contributed by atoms with Crippen LogP contribution in [0.15, 0.2) is 35.4 Å². The summed E-state index contributed by atoms with van der Waals surface area (Å²) in [6, 6.07) is 6.17. The van der Waals surface area contributed by atoms with Crippen molar-refractivity contribution in [1.82, 2.24) is 4.72 Å². The first-order valence-electron chi connectivity index (χ1n) is 5.80. The van der Waals surface area contributed by atoms with Crippen LogP contribution in [-0.4, -0.2) is 0 Å². The highest BCUT2D eigenvalue weighted by Gasteiger charge is 2.05. The summed E-state index contributed by atoms with van der Waals surface area (Å²) in [6.07, 6.45) is 0. The van der Waals surface area contributed by atoms with E-state index in [9.17, 15) is 0 Å². The molecule has 0 atom stereocenters. The molecular formula is C14H21N3S. The first kappa shape index (κ1) is 14.7. The minimum Gasteiger partial charge on any atom is -0.402 e. The smallest absolute Gasteiger partial charge is 0.0446 e. The van der Waals surface area contributed by atoms with Gasteiger partial charge in [-0.2, -0.15) is 0 Å². The highest BCUT2D eigenvalue weighted by molar-refractivity contribution is 8.01. The first-order valence-corrected chi connectivity index (χ1v) is 6.62. The average molecular weight is 263 g/mol. The van der Waals surface area contributed by atoms with E-state index >= 15 is 0 Å². The van der Waals surface area contributed by atoms with E-state index in [4.69, 9.17) is 11.5 Å². The third-order valence-electron chi connectivity index (χ3n) is 2.75. The summed E-state index contributed by atoms with van der Waals surface area (Å²) in [5.41, 5.74) is 16.4. The van der Waals surface area contributed by atoms with Gasteiger partial charge < -0.3 is 16.2 Å². The third-order valence-corrected chi connectivity index (χ3v) is 3.72. The highest BCUT2D eigenvalue weighted by Crippen LogP contribution is 2.22. The molecule has 4 heteroatoms. The number of allylic oxidation sites excluding steroid dienone is 2. The SMILES string of the molecule is C=C(NS/C(C)=C(/C)N)c1cc(CN)ccc1C. The van der Waals surface area contributed by atoms with Crippen molar-refractivity contribution in [3.63, 3.8) is 0 Å². The minimum atomic E-state index is 0.536. The van der Waals surface area contributed by atoms with Crippen LogP contribution in [0.25, 0.3) is 5.70 Å². The van der Waals surface area contributed by atoms with Crippen LogP contribution in [0.1, 0.15) is 30.5 Å². The molecule has 5 N–H and O–H groups in total. The Morgan fingerprint density at radius 3 is 2.61 bits per heavy atom. The molecule has 0 fully saturated rings. The van der Waals surface area contributed by atoms with Crippen LogP contribution in [0.2, 0.25) is 0 Å². The Labute approximate surface area is 113 Å². The summed E-state index contributed by atoms with van der Waals surface area (Å²) in [7, 11) is 0. The van der Waals surface area contributed by atoms with Crippen molar-refractivity contribution in [2.45, 2.75) is 27.3 Å². The molecule has 0 radical (unpaired) electrons. The number of benzene rings is 1. The van der Waals surface area contributed by atoms with Crippen LogP contribution in [0, 0.1) is 6.92 Å². The van der Waals surface area contributed by atoms with E-state index in [0.717, 1.165) is 27.4 Å². The molecule has 0 bridgehead atoms. The van der Waals surface area contributed by atoms with Gasteiger partial charge in [0.15, 0.2) is 0 Å². The van der Waals surface area contributed by atoms with Crippen molar-refractivity contribution in [2.75, 3.05) is 0 Å². The van der Waals surface area contributed by atoms with Crippen molar-refractivity contribution in [3.05, 3.63) is 52.1 Å². The predicted molar refractivity (Wildman–Crippen MR) is 81.4 cm³/mol. The van der Waals surface area contributed by atoms with E-state index in [1.807, 2.05) is 19.9 Å². The molecular weight excluding hydrogens is 242 g/mol. The van der Waals surface area contributed by atoms with Gasteiger partial charge in [-0.05, 0) is 49.9 Å². The van der Waals surface area contributed by atoms with Crippen molar-refractivity contribution in [1.29, 1.82) is 0 Å². The molecule has 0 unspecified atom stereocenters.